The Bertz CT molecular complexity index is 348. The zero-order valence-corrected chi connectivity index (χ0v) is 13.8. The molecule has 0 amide bonds. The number of hydrogen-bond acceptors (Lipinski definition) is 3. The van der Waals surface area contributed by atoms with Crippen LogP contribution in [-0.4, -0.2) is 34.0 Å². The average molecular weight is 299 g/mol. The summed E-state index contributed by atoms with van der Waals surface area (Å²) in [5.41, 5.74) is 0.396. The minimum absolute atomic E-state index is 0.396. The highest BCUT2D eigenvalue weighted by molar-refractivity contribution is 8.14. The van der Waals surface area contributed by atoms with Crippen LogP contribution in [0.15, 0.2) is 4.99 Å². The van der Waals surface area contributed by atoms with Crippen LogP contribution < -0.4 is 5.32 Å². The van der Waals surface area contributed by atoms with E-state index < -0.39 is 0 Å². The van der Waals surface area contributed by atoms with Crippen molar-refractivity contribution in [3.05, 3.63) is 0 Å². The molecule has 2 saturated carbocycles. The van der Waals surface area contributed by atoms with Crippen LogP contribution in [0.5, 0.6) is 0 Å². The zero-order chi connectivity index (χ0) is 13.3. The molecule has 0 aromatic carbocycles. The molecule has 2 unspecified atom stereocenters. The van der Waals surface area contributed by atoms with E-state index in [0.29, 0.717) is 11.6 Å². The Morgan fingerprint density at radius 2 is 2.05 bits per heavy atom. The van der Waals surface area contributed by atoms with E-state index in [1.807, 2.05) is 23.5 Å². The monoisotopic (exact) mass is 298 g/mol. The highest BCUT2D eigenvalue weighted by Gasteiger charge is 2.40. The van der Waals surface area contributed by atoms with Gasteiger partial charge in [0.25, 0.3) is 0 Å². The van der Waals surface area contributed by atoms with Gasteiger partial charge in [-0.3, -0.25) is 4.99 Å². The summed E-state index contributed by atoms with van der Waals surface area (Å²) in [6.07, 6.45) is 11.6. The molecule has 1 saturated heterocycles. The van der Waals surface area contributed by atoms with Crippen molar-refractivity contribution in [3.8, 4) is 0 Å². The molecular weight excluding hydrogens is 272 g/mol. The summed E-state index contributed by atoms with van der Waals surface area (Å²) >= 11 is 4.00. The molecule has 0 radical (unpaired) electrons. The van der Waals surface area contributed by atoms with E-state index in [9.17, 15) is 0 Å². The van der Waals surface area contributed by atoms with Crippen LogP contribution in [0.1, 0.15) is 51.9 Å². The van der Waals surface area contributed by atoms with Gasteiger partial charge >= 0.3 is 0 Å². The minimum Gasteiger partial charge on any atom is -0.359 e. The molecule has 1 aliphatic heterocycles. The Hall–Kier alpha value is 0.170. The van der Waals surface area contributed by atoms with Crippen LogP contribution in [0.25, 0.3) is 0 Å². The van der Waals surface area contributed by atoms with Crippen LogP contribution in [0.2, 0.25) is 0 Å². The third kappa shape index (κ3) is 3.26. The second-order valence-corrected chi connectivity index (χ2v) is 8.74. The molecule has 3 rings (SSSR count). The summed E-state index contributed by atoms with van der Waals surface area (Å²) in [5.74, 6) is 2.17. The Kier molecular flexibility index (Phi) is 4.37. The van der Waals surface area contributed by atoms with Crippen molar-refractivity contribution in [3.63, 3.8) is 0 Å². The Balaban J connectivity index is 1.57. The molecular formula is C15H26N2S2. The van der Waals surface area contributed by atoms with Crippen molar-refractivity contribution in [2.45, 2.75) is 68.7 Å². The van der Waals surface area contributed by atoms with Gasteiger partial charge < -0.3 is 5.32 Å². The normalized spacial score (nSPS) is 44.9. The molecule has 108 valence electrons. The fourth-order valence-corrected chi connectivity index (χ4v) is 5.65. The SMILES string of the molecule is CSC1CCC(N=C2NC3(CCC(C)CC3)CS2)C1. The molecule has 3 fully saturated rings. The first-order valence-electron chi connectivity index (χ1n) is 7.71. The van der Waals surface area contributed by atoms with Gasteiger partial charge in [-0.05, 0) is 57.1 Å². The molecule has 0 aromatic rings. The van der Waals surface area contributed by atoms with Crippen molar-refractivity contribution >= 4 is 28.7 Å². The van der Waals surface area contributed by atoms with Crippen LogP contribution in [-0.2, 0) is 0 Å². The lowest BCUT2D eigenvalue weighted by Gasteiger charge is -2.35. The molecule has 1 spiro atoms. The number of aliphatic imine (C=N–C) groups is 1. The lowest BCUT2D eigenvalue weighted by atomic mass is 9.78. The molecule has 2 atom stereocenters. The number of nitrogens with one attached hydrogen (secondary N) is 1. The Labute approximate surface area is 126 Å². The summed E-state index contributed by atoms with van der Waals surface area (Å²) in [4.78, 5) is 5.00. The van der Waals surface area contributed by atoms with Crippen molar-refractivity contribution in [2.24, 2.45) is 10.9 Å². The van der Waals surface area contributed by atoms with Gasteiger partial charge in [-0.15, -0.1) is 0 Å². The van der Waals surface area contributed by atoms with Gasteiger partial charge in [0.15, 0.2) is 5.17 Å². The van der Waals surface area contributed by atoms with Crippen LogP contribution in [0, 0.1) is 5.92 Å². The average Bonchev–Trinajstić information content (AvgIpc) is 3.02. The molecule has 2 aliphatic carbocycles. The van der Waals surface area contributed by atoms with Gasteiger partial charge in [0.1, 0.15) is 0 Å². The first-order chi connectivity index (χ1) is 9.19. The first kappa shape index (κ1) is 14.1. The van der Waals surface area contributed by atoms with Crippen molar-refractivity contribution in [1.82, 2.24) is 5.32 Å². The van der Waals surface area contributed by atoms with E-state index in [1.165, 1.54) is 55.9 Å². The summed E-state index contributed by atoms with van der Waals surface area (Å²) in [6.45, 7) is 2.39. The number of amidine groups is 1. The van der Waals surface area contributed by atoms with Gasteiger partial charge in [0.05, 0.1) is 6.04 Å². The van der Waals surface area contributed by atoms with Crippen molar-refractivity contribution in [1.29, 1.82) is 0 Å². The number of nitrogens with zero attached hydrogens (tertiary/aromatic N) is 1. The van der Waals surface area contributed by atoms with Crippen molar-refractivity contribution < 1.29 is 0 Å². The highest BCUT2D eigenvalue weighted by Crippen LogP contribution is 2.39. The highest BCUT2D eigenvalue weighted by atomic mass is 32.2. The second kappa shape index (κ2) is 5.88. The van der Waals surface area contributed by atoms with Gasteiger partial charge in [-0.2, -0.15) is 11.8 Å². The van der Waals surface area contributed by atoms with Gasteiger partial charge in [-0.1, -0.05) is 18.7 Å². The number of thioether (sulfide) groups is 2. The maximum atomic E-state index is 5.00. The molecule has 4 heteroatoms. The quantitative estimate of drug-likeness (QED) is 0.836. The predicted octanol–water partition coefficient (Wildman–Crippen LogP) is 3.91. The molecule has 1 N–H and O–H groups in total. The van der Waals surface area contributed by atoms with E-state index in [4.69, 9.17) is 4.99 Å². The first-order valence-corrected chi connectivity index (χ1v) is 9.98. The van der Waals surface area contributed by atoms with Crippen LogP contribution in [0.3, 0.4) is 0 Å². The summed E-state index contributed by atoms with van der Waals surface area (Å²) in [6, 6.07) is 0.588. The second-order valence-electron chi connectivity index (χ2n) is 6.64. The van der Waals surface area contributed by atoms with E-state index in [0.717, 1.165) is 11.2 Å². The van der Waals surface area contributed by atoms with Crippen LogP contribution >= 0.6 is 23.5 Å². The van der Waals surface area contributed by atoms with E-state index in [-0.39, 0.29) is 0 Å². The van der Waals surface area contributed by atoms with E-state index >= 15 is 0 Å². The summed E-state index contributed by atoms with van der Waals surface area (Å²) in [7, 11) is 0. The lowest BCUT2D eigenvalue weighted by Crippen LogP contribution is -2.46. The smallest absolute Gasteiger partial charge is 0.157 e. The lowest BCUT2D eigenvalue weighted by molar-refractivity contribution is 0.250. The number of hydrogen-bond donors (Lipinski definition) is 1. The third-order valence-electron chi connectivity index (χ3n) is 5.08. The molecule has 2 nitrogen and oxygen atoms in total. The molecule has 0 bridgehead atoms. The van der Waals surface area contributed by atoms with E-state index in [2.05, 4.69) is 18.5 Å². The Morgan fingerprint density at radius 1 is 1.26 bits per heavy atom. The third-order valence-corrected chi connectivity index (χ3v) is 7.35. The van der Waals surface area contributed by atoms with E-state index in [1.54, 1.807) is 0 Å². The fourth-order valence-electron chi connectivity index (χ4n) is 3.57. The van der Waals surface area contributed by atoms with Gasteiger partial charge in [-0.25, -0.2) is 0 Å². The fraction of sp³-hybridized carbons (Fsp3) is 0.933. The topological polar surface area (TPSA) is 24.4 Å². The van der Waals surface area contributed by atoms with Gasteiger partial charge in [0, 0.05) is 16.5 Å². The van der Waals surface area contributed by atoms with Crippen LogP contribution in [0.4, 0.5) is 0 Å². The molecule has 19 heavy (non-hydrogen) atoms. The molecule has 1 heterocycles. The minimum atomic E-state index is 0.396. The standard InChI is InChI=1S/C15H26N2S2/c1-11-5-7-15(8-6-11)10-19-14(17-15)16-12-3-4-13(9-12)18-2/h11-13H,3-10H2,1-2H3,(H,16,17). The largest absolute Gasteiger partial charge is 0.359 e. The summed E-state index contributed by atoms with van der Waals surface area (Å²) < 4.78 is 0. The zero-order valence-electron chi connectivity index (χ0n) is 12.2. The number of rotatable bonds is 2. The predicted molar refractivity (Wildman–Crippen MR) is 88.3 cm³/mol. The molecule has 3 aliphatic rings. The maximum absolute atomic E-state index is 5.00. The molecule has 0 aromatic heterocycles. The maximum Gasteiger partial charge on any atom is 0.157 e. The van der Waals surface area contributed by atoms with Gasteiger partial charge in [0.2, 0.25) is 0 Å². The summed E-state index contributed by atoms with van der Waals surface area (Å²) in [5, 5.41) is 5.90. The van der Waals surface area contributed by atoms with Crippen molar-refractivity contribution in [2.75, 3.05) is 12.0 Å². The Morgan fingerprint density at radius 3 is 2.74 bits per heavy atom.